The number of carbonyl (C=O) groups is 1. The lowest BCUT2D eigenvalue weighted by Crippen LogP contribution is -2.58. The Morgan fingerprint density at radius 1 is 0.848 bits per heavy atom. The van der Waals surface area contributed by atoms with E-state index >= 15 is 0 Å². The van der Waals surface area contributed by atoms with Crippen LogP contribution in [0.2, 0.25) is 78.1 Å². The zero-order chi connectivity index (χ0) is 26.1. The third-order valence-electron chi connectivity index (χ3n) is 4.39. The second-order valence-electron chi connectivity index (χ2n) is 11.5. The van der Waals surface area contributed by atoms with E-state index in [2.05, 4.69) is 78.6 Å². The second-order valence-corrected chi connectivity index (χ2v) is 31.4. The topological polar surface area (TPSA) is 83.5 Å². The Hall–Kier alpha value is 0.254. The number of hydrogen-bond donors (Lipinski definition) is 1. The SMILES string of the molecule is C=CC(=O)CCC(O)COCCC[Si](C)(C)O[Si](C)(C)O[Si](C)(C)O[Si](C)(C)O[Si](C)(C)C. The van der Waals surface area contributed by atoms with Crippen molar-refractivity contribution >= 4 is 48.1 Å². The van der Waals surface area contributed by atoms with Gasteiger partial charge in [0.1, 0.15) is 0 Å². The summed E-state index contributed by atoms with van der Waals surface area (Å²) in [7, 11) is -10.7. The summed E-state index contributed by atoms with van der Waals surface area (Å²) >= 11 is 0. The lowest BCUT2D eigenvalue weighted by atomic mass is 10.1. The van der Waals surface area contributed by atoms with Crippen LogP contribution >= 0.6 is 0 Å². The maximum atomic E-state index is 11.2. The highest BCUT2D eigenvalue weighted by molar-refractivity contribution is 6.90. The fraction of sp³-hybridized carbons (Fsp3) is 0.857. The van der Waals surface area contributed by atoms with Gasteiger partial charge in [0.05, 0.1) is 12.7 Å². The Labute approximate surface area is 208 Å². The molecule has 0 fully saturated rings. The summed E-state index contributed by atoms with van der Waals surface area (Å²) in [6, 6.07) is 0.944. The van der Waals surface area contributed by atoms with Crippen LogP contribution in [0.15, 0.2) is 12.7 Å². The maximum absolute atomic E-state index is 11.2. The molecule has 0 aromatic rings. The van der Waals surface area contributed by atoms with Crippen LogP contribution in [0.3, 0.4) is 0 Å². The molecule has 0 aromatic carbocycles. The quantitative estimate of drug-likeness (QED) is 0.136. The molecular formula is C21H50O7Si5. The van der Waals surface area contributed by atoms with E-state index in [9.17, 15) is 9.90 Å². The van der Waals surface area contributed by atoms with Crippen LogP contribution in [-0.2, 0) is 26.0 Å². The third kappa shape index (κ3) is 18.2. The number of carbonyl (C=O) groups excluding carboxylic acids is 1. The highest BCUT2D eigenvalue weighted by Gasteiger charge is 2.45. The smallest absolute Gasteiger partial charge is 0.314 e. The average Bonchev–Trinajstić information content (AvgIpc) is 2.53. The monoisotopic (exact) mass is 554 g/mol. The molecule has 0 saturated carbocycles. The minimum Gasteiger partial charge on any atom is -0.437 e. The van der Waals surface area contributed by atoms with Crippen molar-refractivity contribution in [2.24, 2.45) is 0 Å². The molecule has 0 radical (unpaired) electrons. The Morgan fingerprint density at radius 3 is 1.82 bits per heavy atom. The van der Waals surface area contributed by atoms with Crippen LogP contribution in [0.25, 0.3) is 0 Å². The highest BCUT2D eigenvalue weighted by Crippen LogP contribution is 2.27. The predicted octanol–water partition coefficient (Wildman–Crippen LogP) is 5.50. The van der Waals surface area contributed by atoms with Crippen LogP contribution in [0.4, 0.5) is 0 Å². The van der Waals surface area contributed by atoms with Gasteiger partial charge in [-0.1, -0.05) is 6.58 Å². The number of ketones is 1. The number of rotatable bonds is 18. The molecule has 0 saturated heterocycles. The molecule has 12 heteroatoms. The summed E-state index contributed by atoms with van der Waals surface area (Å²) in [5.41, 5.74) is 0. The molecule has 0 aliphatic heterocycles. The Morgan fingerprint density at radius 2 is 1.33 bits per heavy atom. The molecule has 1 N–H and O–H groups in total. The van der Waals surface area contributed by atoms with E-state index < -0.39 is 48.4 Å². The van der Waals surface area contributed by atoms with Crippen molar-refractivity contribution in [2.45, 2.75) is 103 Å². The van der Waals surface area contributed by atoms with E-state index in [1.165, 1.54) is 6.08 Å². The summed E-state index contributed by atoms with van der Waals surface area (Å²) in [4.78, 5) is 11.2. The van der Waals surface area contributed by atoms with Crippen LogP contribution < -0.4 is 0 Å². The fourth-order valence-electron chi connectivity index (χ4n) is 4.01. The zero-order valence-corrected chi connectivity index (χ0v) is 28.0. The molecule has 1 atom stereocenters. The molecule has 0 rings (SSSR count). The predicted molar refractivity (Wildman–Crippen MR) is 148 cm³/mol. The lowest BCUT2D eigenvalue weighted by Gasteiger charge is -2.42. The van der Waals surface area contributed by atoms with Crippen LogP contribution in [0, 0.1) is 0 Å². The van der Waals surface area contributed by atoms with Gasteiger partial charge in [-0.15, -0.1) is 0 Å². The first kappa shape index (κ1) is 33.3. The van der Waals surface area contributed by atoms with Crippen LogP contribution in [-0.4, -0.2) is 72.5 Å². The van der Waals surface area contributed by atoms with Crippen molar-refractivity contribution in [3.8, 4) is 0 Å². The summed E-state index contributed by atoms with van der Waals surface area (Å²) in [5, 5.41) is 9.91. The lowest BCUT2D eigenvalue weighted by molar-refractivity contribution is -0.115. The number of aliphatic hydroxyl groups is 1. The van der Waals surface area contributed by atoms with Gasteiger partial charge in [0.25, 0.3) is 0 Å². The summed E-state index contributed by atoms with van der Waals surface area (Å²) in [6.45, 7) is 27.8. The van der Waals surface area contributed by atoms with Crippen molar-refractivity contribution in [3.05, 3.63) is 12.7 Å². The van der Waals surface area contributed by atoms with Crippen molar-refractivity contribution in [2.75, 3.05) is 13.2 Å². The first-order valence-corrected chi connectivity index (χ1v) is 26.9. The van der Waals surface area contributed by atoms with Gasteiger partial charge in [0.15, 0.2) is 22.4 Å². The third-order valence-corrected chi connectivity index (χ3v) is 22.4. The average molecular weight is 555 g/mol. The van der Waals surface area contributed by atoms with Crippen molar-refractivity contribution in [3.63, 3.8) is 0 Å². The zero-order valence-electron chi connectivity index (χ0n) is 23.0. The van der Waals surface area contributed by atoms with E-state index in [4.69, 9.17) is 21.2 Å². The Bertz CT molecular complexity index is 619. The van der Waals surface area contributed by atoms with Crippen molar-refractivity contribution < 1.29 is 31.1 Å². The Kier molecular flexibility index (Phi) is 13.6. The van der Waals surface area contributed by atoms with Gasteiger partial charge in [0.2, 0.25) is 0 Å². The molecule has 0 bridgehead atoms. The van der Waals surface area contributed by atoms with Gasteiger partial charge in [-0.3, -0.25) is 4.79 Å². The van der Waals surface area contributed by atoms with Gasteiger partial charge in [-0.05, 0) is 97.0 Å². The molecule has 0 aliphatic carbocycles. The minimum atomic E-state index is -2.41. The molecule has 0 aliphatic rings. The summed E-state index contributed by atoms with van der Waals surface area (Å²) in [6.07, 6.45) is 2.22. The van der Waals surface area contributed by atoms with E-state index in [0.717, 1.165) is 12.5 Å². The molecule has 0 amide bonds. The first-order chi connectivity index (χ1) is 14.7. The summed E-state index contributed by atoms with van der Waals surface area (Å²) in [5.74, 6) is -0.0564. The van der Waals surface area contributed by atoms with E-state index in [0.29, 0.717) is 19.4 Å². The Balaban J connectivity index is 4.53. The summed E-state index contributed by atoms with van der Waals surface area (Å²) < 4.78 is 31.6. The number of allylic oxidation sites excluding steroid dienone is 1. The van der Waals surface area contributed by atoms with Gasteiger partial charge in [-0.25, -0.2) is 0 Å². The maximum Gasteiger partial charge on any atom is 0.314 e. The van der Waals surface area contributed by atoms with Gasteiger partial charge >= 0.3 is 25.7 Å². The molecular weight excluding hydrogens is 505 g/mol. The largest absolute Gasteiger partial charge is 0.437 e. The van der Waals surface area contributed by atoms with Crippen molar-refractivity contribution in [1.82, 2.24) is 0 Å². The molecule has 0 heterocycles. The number of hydrogen-bond acceptors (Lipinski definition) is 7. The number of ether oxygens (including phenoxy) is 1. The molecule has 1 unspecified atom stereocenters. The normalized spacial score (nSPS) is 14.9. The van der Waals surface area contributed by atoms with E-state index in [-0.39, 0.29) is 12.4 Å². The molecule has 196 valence electrons. The van der Waals surface area contributed by atoms with Crippen LogP contribution in [0.1, 0.15) is 19.3 Å². The van der Waals surface area contributed by atoms with Crippen LogP contribution in [0.5, 0.6) is 0 Å². The molecule has 0 spiro atoms. The van der Waals surface area contributed by atoms with E-state index in [1.54, 1.807) is 0 Å². The second kappa shape index (κ2) is 13.5. The van der Waals surface area contributed by atoms with Gasteiger partial charge in [0, 0.05) is 13.0 Å². The molecule has 0 aromatic heterocycles. The fourth-order valence-corrected chi connectivity index (χ4v) is 27.7. The van der Waals surface area contributed by atoms with Gasteiger partial charge in [-0.2, -0.15) is 0 Å². The molecule has 7 nitrogen and oxygen atoms in total. The highest BCUT2D eigenvalue weighted by atomic mass is 28.5. The minimum absolute atomic E-state index is 0.0564. The first-order valence-electron chi connectivity index (χ1n) is 11.9. The van der Waals surface area contributed by atoms with Crippen molar-refractivity contribution in [1.29, 1.82) is 0 Å². The van der Waals surface area contributed by atoms with E-state index in [1.807, 2.05) is 0 Å². The molecule has 33 heavy (non-hydrogen) atoms. The van der Waals surface area contributed by atoms with Gasteiger partial charge < -0.3 is 26.3 Å². The standard InChI is InChI=1S/C21H50O7Si5/c1-13-20(22)15-16-21(23)19-24-17-14-18-30(5,6)26-32(9,10)28-33(11,12)27-31(7,8)25-29(2,3)4/h13,21,23H,1,14-19H2,2-12H3. The number of aliphatic hydroxyl groups excluding tert-OH is 1.